The van der Waals surface area contributed by atoms with Gasteiger partial charge < -0.3 is 14.4 Å². The summed E-state index contributed by atoms with van der Waals surface area (Å²) in [5.74, 6) is -1.27. The minimum absolute atomic E-state index is 0.155. The summed E-state index contributed by atoms with van der Waals surface area (Å²) in [6.45, 7) is 0. The van der Waals surface area contributed by atoms with Crippen LogP contribution in [0.15, 0.2) is 47.8 Å². The van der Waals surface area contributed by atoms with E-state index >= 15 is 0 Å². The van der Waals surface area contributed by atoms with Crippen molar-refractivity contribution < 1.29 is 23.9 Å². The average Bonchev–Trinajstić information content (AvgIpc) is 3.26. The van der Waals surface area contributed by atoms with Gasteiger partial charge in [-0.25, -0.2) is 14.4 Å². The first-order chi connectivity index (χ1) is 10.6. The van der Waals surface area contributed by atoms with Gasteiger partial charge in [0.25, 0.3) is 0 Å². The number of carbonyl (C=O) groups excluding carboxylic acids is 3. The molecule has 3 rings (SSSR count). The predicted octanol–water partition coefficient (Wildman–Crippen LogP) is 0.721. The van der Waals surface area contributed by atoms with Crippen LogP contribution in [0, 0.1) is 0 Å². The molecule has 0 aromatic carbocycles. The Morgan fingerprint density at radius 2 is 1.36 bits per heavy atom. The van der Waals surface area contributed by atoms with E-state index in [-0.39, 0.29) is 17.2 Å². The SMILES string of the molecule is COC(=O)C1=C(C(=O)OC)C2C=CC1N2C(=O)n1cccc1. The van der Waals surface area contributed by atoms with Crippen LogP contribution in [0.4, 0.5) is 4.79 Å². The second-order valence-electron chi connectivity index (χ2n) is 4.87. The molecular formula is C15H14N2O5. The Hall–Kier alpha value is -2.83. The first-order valence-electron chi connectivity index (χ1n) is 6.64. The molecule has 114 valence electrons. The zero-order chi connectivity index (χ0) is 15.9. The zero-order valence-electron chi connectivity index (χ0n) is 12.1. The Labute approximate surface area is 126 Å². The molecule has 1 aromatic heterocycles. The van der Waals surface area contributed by atoms with E-state index in [2.05, 4.69) is 0 Å². The third kappa shape index (κ3) is 1.86. The molecule has 0 saturated carbocycles. The number of aromatic nitrogens is 1. The molecule has 22 heavy (non-hydrogen) atoms. The van der Waals surface area contributed by atoms with Gasteiger partial charge in [-0.15, -0.1) is 0 Å². The van der Waals surface area contributed by atoms with Crippen molar-refractivity contribution in [2.75, 3.05) is 14.2 Å². The number of nitrogens with zero attached hydrogens (tertiary/aromatic N) is 2. The normalized spacial score (nSPS) is 22.2. The van der Waals surface area contributed by atoms with Gasteiger partial charge in [0, 0.05) is 12.4 Å². The van der Waals surface area contributed by atoms with E-state index in [9.17, 15) is 14.4 Å². The third-order valence-corrected chi connectivity index (χ3v) is 3.81. The summed E-state index contributed by atoms with van der Waals surface area (Å²) in [4.78, 5) is 38.1. The maximum atomic E-state index is 12.6. The van der Waals surface area contributed by atoms with E-state index in [1.54, 1.807) is 36.7 Å². The zero-order valence-corrected chi connectivity index (χ0v) is 12.1. The molecule has 3 heterocycles. The van der Waals surface area contributed by atoms with Crippen molar-refractivity contribution in [2.45, 2.75) is 12.1 Å². The van der Waals surface area contributed by atoms with Crippen LogP contribution in [0.1, 0.15) is 0 Å². The average molecular weight is 302 g/mol. The van der Waals surface area contributed by atoms with Crippen LogP contribution in [0.5, 0.6) is 0 Å². The molecular weight excluding hydrogens is 288 g/mol. The second-order valence-corrected chi connectivity index (χ2v) is 4.87. The number of methoxy groups -OCH3 is 2. The lowest BCUT2D eigenvalue weighted by Gasteiger charge is -2.23. The van der Waals surface area contributed by atoms with E-state index in [0.717, 1.165) is 0 Å². The Morgan fingerprint density at radius 1 is 0.909 bits per heavy atom. The van der Waals surface area contributed by atoms with Crippen LogP contribution in [0.3, 0.4) is 0 Å². The smallest absolute Gasteiger partial charge is 0.336 e. The van der Waals surface area contributed by atoms with Crippen LogP contribution in [0.2, 0.25) is 0 Å². The maximum Gasteiger partial charge on any atom is 0.336 e. The van der Waals surface area contributed by atoms with Gasteiger partial charge in [-0.1, -0.05) is 12.2 Å². The number of fused-ring (bicyclic) bond motifs is 2. The van der Waals surface area contributed by atoms with Crippen molar-refractivity contribution in [3.63, 3.8) is 0 Å². The van der Waals surface area contributed by atoms with Gasteiger partial charge in [0.05, 0.1) is 37.4 Å². The molecule has 2 aliphatic heterocycles. The molecule has 2 bridgehead atoms. The summed E-state index contributed by atoms with van der Waals surface area (Å²) in [7, 11) is 2.47. The monoisotopic (exact) mass is 302 g/mol. The lowest BCUT2D eigenvalue weighted by Crippen LogP contribution is -2.41. The first-order valence-corrected chi connectivity index (χ1v) is 6.64. The summed E-state index contributed by atoms with van der Waals surface area (Å²) in [5, 5.41) is 0. The summed E-state index contributed by atoms with van der Waals surface area (Å²) in [6, 6.07) is 1.87. The number of amides is 1. The first kappa shape index (κ1) is 14.1. The largest absolute Gasteiger partial charge is 0.466 e. The van der Waals surface area contributed by atoms with Crippen LogP contribution in [0.25, 0.3) is 0 Å². The van der Waals surface area contributed by atoms with E-state index in [4.69, 9.17) is 9.47 Å². The molecule has 7 nitrogen and oxygen atoms in total. The van der Waals surface area contributed by atoms with E-state index in [0.29, 0.717) is 0 Å². The van der Waals surface area contributed by atoms with Crippen molar-refractivity contribution >= 4 is 18.0 Å². The summed E-state index contributed by atoms with van der Waals surface area (Å²) in [5.41, 5.74) is 0.310. The number of rotatable bonds is 2. The van der Waals surface area contributed by atoms with Crippen LogP contribution in [-0.2, 0) is 19.1 Å². The second kappa shape index (κ2) is 5.18. The van der Waals surface area contributed by atoms with Gasteiger partial charge >= 0.3 is 18.0 Å². The topological polar surface area (TPSA) is 77.8 Å². The van der Waals surface area contributed by atoms with E-state index in [1.165, 1.54) is 23.7 Å². The highest BCUT2D eigenvalue weighted by Gasteiger charge is 2.50. The highest BCUT2D eigenvalue weighted by molar-refractivity contribution is 6.06. The van der Waals surface area contributed by atoms with E-state index < -0.39 is 24.0 Å². The number of carbonyl (C=O) groups is 3. The molecule has 0 N–H and O–H groups in total. The molecule has 2 atom stereocenters. The van der Waals surface area contributed by atoms with Crippen LogP contribution in [-0.4, -0.2) is 53.7 Å². The lowest BCUT2D eigenvalue weighted by atomic mass is 9.97. The molecule has 2 unspecified atom stereocenters. The van der Waals surface area contributed by atoms with E-state index in [1.807, 2.05) is 0 Å². The van der Waals surface area contributed by atoms with Gasteiger partial charge in [0.15, 0.2) is 0 Å². The van der Waals surface area contributed by atoms with Crippen LogP contribution >= 0.6 is 0 Å². The van der Waals surface area contributed by atoms with Gasteiger partial charge in [-0.3, -0.25) is 4.57 Å². The Bertz CT molecular complexity index is 666. The maximum absolute atomic E-state index is 12.6. The van der Waals surface area contributed by atoms with Gasteiger partial charge in [0.1, 0.15) is 0 Å². The summed E-state index contributed by atoms with van der Waals surface area (Å²) >= 11 is 0. The van der Waals surface area contributed by atoms with Crippen molar-refractivity contribution in [2.24, 2.45) is 0 Å². The predicted molar refractivity (Wildman–Crippen MR) is 74.8 cm³/mol. The molecule has 0 radical (unpaired) electrons. The van der Waals surface area contributed by atoms with Crippen molar-refractivity contribution in [3.8, 4) is 0 Å². The molecule has 0 aliphatic carbocycles. The van der Waals surface area contributed by atoms with Crippen molar-refractivity contribution in [3.05, 3.63) is 47.8 Å². The Balaban J connectivity index is 2.01. The molecule has 7 heteroatoms. The Morgan fingerprint density at radius 3 is 1.77 bits per heavy atom. The number of hydrogen-bond donors (Lipinski definition) is 0. The van der Waals surface area contributed by atoms with Gasteiger partial charge in [0.2, 0.25) is 0 Å². The number of ether oxygens (including phenoxy) is 2. The van der Waals surface area contributed by atoms with Crippen LogP contribution < -0.4 is 0 Å². The minimum Gasteiger partial charge on any atom is -0.466 e. The minimum atomic E-state index is -0.637. The molecule has 0 fully saturated rings. The number of esters is 2. The van der Waals surface area contributed by atoms with Crippen molar-refractivity contribution in [1.29, 1.82) is 0 Å². The summed E-state index contributed by atoms with van der Waals surface area (Å²) < 4.78 is 10.9. The lowest BCUT2D eigenvalue weighted by molar-refractivity contribution is -0.139. The molecule has 0 spiro atoms. The molecule has 2 aliphatic rings. The van der Waals surface area contributed by atoms with Gasteiger partial charge in [-0.05, 0) is 12.1 Å². The fourth-order valence-corrected chi connectivity index (χ4v) is 2.87. The highest BCUT2D eigenvalue weighted by Crippen LogP contribution is 2.39. The highest BCUT2D eigenvalue weighted by atomic mass is 16.5. The Kier molecular flexibility index (Phi) is 3.32. The van der Waals surface area contributed by atoms with Gasteiger partial charge in [-0.2, -0.15) is 0 Å². The fourth-order valence-electron chi connectivity index (χ4n) is 2.87. The number of hydrogen-bond acceptors (Lipinski definition) is 5. The quantitative estimate of drug-likeness (QED) is 0.594. The van der Waals surface area contributed by atoms with Crippen molar-refractivity contribution in [1.82, 2.24) is 9.47 Å². The summed E-state index contributed by atoms with van der Waals surface area (Å²) in [6.07, 6.45) is 6.64. The molecule has 1 amide bonds. The molecule has 1 aromatic rings. The molecule has 0 saturated heterocycles. The fraction of sp³-hybridized carbons (Fsp3) is 0.267. The third-order valence-electron chi connectivity index (χ3n) is 3.81. The standard InChI is InChI=1S/C15H14N2O5/c1-21-13(18)11-9-5-6-10(12(11)14(19)22-2)17(9)15(20)16-7-3-4-8-16/h3-10H,1-2H3.